The minimum Gasteiger partial charge on any atom is -0.493 e. The van der Waals surface area contributed by atoms with Gasteiger partial charge in [-0.05, 0) is 61.2 Å². The fourth-order valence-electron chi connectivity index (χ4n) is 3.76. The maximum Gasteiger partial charge on any atom is 0.416 e. The zero-order valence-corrected chi connectivity index (χ0v) is 17.3. The van der Waals surface area contributed by atoms with Crippen LogP contribution in [0.25, 0.3) is 0 Å². The molecule has 160 valence electrons. The molecule has 0 N–H and O–H groups in total. The molecule has 0 spiro atoms. The summed E-state index contributed by atoms with van der Waals surface area (Å²) in [7, 11) is 3.03. The molecule has 0 fully saturated rings. The van der Waals surface area contributed by atoms with Gasteiger partial charge in [-0.3, -0.25) is 4.79 Å². The van der Waals surface area contributed by atoms with E-state index in [1.54, 1.807) is 17.0 Å². The standard InChI is InChI=1S/C23H24F3NO3/c1-14(2)10-21(28)27-9-8-15-12-19(29-3)20(30-4)13-18(15)22(27)16-6-5-7-17(11-16)23(24,25)26/h5-7,10-13,22H,8-9H2,1-4H3. The molecule has 0 bridgehead atoms. The van der Waals surface area contributed by atoms with Crippen LogP contribution in [0.15, 0.2) is 48.0 Å². The first-order valence-electron chi connectivity index (χ1n) is 9.53. The number of benzene rings is 2. The Morgan fingerprint density at radius 3 is 2.37 bits per heavy atom. The van der Waals surface area contributed by atoms with Crippen LogP contribution < -0.4 is 9.47 Å². The molecule has 0 aliphatic carbocycles. The first kappa shape index (κ1) is 21.7. The lowest BCUT2D eigenvalue weighted by Crippen LogP contribution is -2.40. The highest BCUT2D eigenvalue weighted by atomic mass is 19.4. The Hall–Kier alpha value is -2.96. The molecule has 7 heteroatoms. The number of nitrogens with zero attached hydrogens (tertiary/aromatic N) is 1. The van der Waals surface area contributed by atoms with Crippen LogP contribution in [-0.4, -0.2) is 31.6 Å². The highest BCUT2D eigenvalue weighted by Crippen LogP contribution is 2.42. The van der Waals surface area contributed by atoms with E-state index in [0.29, 0.717) is 30.0 Å². The van der Waals surface area contributed by atoms with Crippen LogP contribution in [0.1, 0.15) is 42.1 Å². The summed E-state index contributed by atoms with van der Waals surface area (Å²) < 4.78 is 50.8. The number of ether oxygens (including phenoxy) is 2. The Morgan fingerprint density at radius 2 is 1.77 bits per heavy atom. The van der Waals surface area contributed by atoms with Gasteiger partial charge in [-0.15, -0.1) is 0 Å². The van der Waals surface area contributed by atoms with Gasteiger partial charge in [0.1, 0.15) is 0 Å². The fourth-order valence-corrected chi connectivity index (χ4v) is 3.76. The summed E-state index contributed by atoms with van der Waals surface area (Å²) in [5.74, 6) is 0.769. The van der Waals surface area contributed by atoms with Crippen LogP contribution in [0, 0.1) is 0 Å². The Balaban J connectivity index is 2.20. The smallest absolute Gasteiger partial charge is 0.416 e. The molecular formula is C23H24F3NO3. The van der Waals surface area contributed by atoms with Gasteiger partial charge in [0.2, 0.25) is 5.91 Å². The second kappa shape index (κ2) is 8.42. The highest BCUT2D eigenvalue weighted by Gasteiger charge is 2.35. The third-order valence-electron chi connectivity index (χ3n) is 5.10. The summed E-state index contributed by atoms with van der Waals surface area (Å²) in [6, 6.07) is 8.05. The minimum atomic E-state index is -4.47. The quantitative estimate of drug-likeness (QED) is 0.643. The number of carbonyl (C=O) groups is 1. The van der Waals surface area contributed by atoms with Crippen molar-refractivity contribution in [1.29, 1.82) is 0 Å². The van der Waals surface area contributed by atoms with E-state index in [0.717, 1.165) is 28.8 Å². The van der Waals surface area contributed by atoms with E-state index in [9.17, 15) is 18.0 Å². The topological polar surface area (TPSA) is 38.8 Å². The van der Waals surface area contributed by atoms with Crippen molar-refractivity contribution >= 4 is 5.91 Å². The number of fused-ring (bicyclic) bond motifs is 1. The number of halogens is 3. The lowest BCUT2D eigenvalue weighted by molar-refractivity contribution is -0.137. The molecule has 1 amide bonds. The summed E-state index contributed by atoms with van der Waals surface area (Å²) >= 11 is 0. The Kier molecular flexibility index (Phi) is 6.10. The van der Waals surface area contributed by atoms with Gasteiger partial charge in [-0.25, -0.2) is 0 Å². The summed E-state index contributed by atoms with van der Waals surface area (Å²) in [5, 5.41) is 0. The summed E-state index contributed by atoms with van der Waals surface area (Å²) in [6.07, 6.45) is -2.40. The normalized spacial score (nSPS) is 16.0. The van der Waals surface area contributed by atoms with Crippen molar-refractivity contribution in [3.63, 3.8) is 0 Å². The fraction of sp³-hybridized carbons (Fsp3) is 0.348. The number of allylic oxidation sites excluding steroid dienone is 1. The van der Waals surface area contributed by atoms with Crippen molar-refractivity contribution in [2.24, 2.45) is 0 Å². The molecule has 1 heterocycles. The number of hydrogen-bond donors (Lipinski definition) is 0. The van der Waals surface area contributed by atoms with Crippen LogP contribution in [0.4, 0.5) is 13.2 Å². The summed E-state index contributed by atoms with van der Waals surface area (Å²) in [4.78, 5) is 14.5. The van der Waals surface area contributed by atoms with Gasteiger partial charge in [0.15, 0.2) is 11.5 Å². The number of rotatable bonds is 4. The molecule has 0 radical (unpaired) electrons. The molecule has 0 saturated carbocycles. The molecule has 0 saturated heterocycles. The van der Waals surface area contributed by atoms with Gasteiger partial charge in [-0.2, -0.15) is 13.2 Å². The summed E-state index contributed by atoms with van der Waals surface area (Å²) in [6.45, 7) is 4.00. The van der Waals surface area contributed by atoms with Crippen molar-refractivity contribution < 1.29 is 27.4 Å². The second-order valence-electron chi connectivity index (χ2n) is 7.44. The molecule has 0 aromatic heterocycles. The maximum absolute atomic E-state index is 13.3. The summed E-state index contributed by atoms with van der Waals surface area (Å²) in [5.41, 5.74) is 2.11. The van der Waals surface area contributed by atoms with E-state index in [1.807, 2.05) is 19.9 Å². The monoisotopic (exact) mass is 419 g/mol. The molecule has 1 aliphatic rings. The van der Waals surface area contributed by atoms with Crippen molar-refractivity contribution in [1.82, 2.24) is 4.90 Å². The van der Waals surface area contributed by atoms with E-state index >= 15 is 0 Å². The molecule has 1 aliphatic heterocycles. The van der Waals surface area contributed by atoms with E-state index in [4.69, 9.17) is 9.47 Å². The van der Waals surface area contributed by atoms with Crippen molar-refractivity contribution in [3.05, 3.63) is 70.3 Å². The molecule has 4 nitrogen and oxygen atoms in total. The van der Waals surface area contributed by atoms with Gasteiger partial charge in [0.25, 0.3) is 0 Å². The van der Waals surface area contributed by atoms with Crippen molar-refractivity contribution in [2.75, 3.05) is 20.8 Å². The molecule has 2 aromatic carbocycles. The second-order valence-corrected chi connectivity index (χ2v) is 7.44. The first-order chi connectivity index (χ1) is 14.2. The first-order valence-corrected chi connectivity index (χ1v) is 9.53. The molecule has 30 heavy (non-hydrogen) atoms. The SMILES string of the molecule is COc1cc2c(cc1OC)C(c1cccc(C(F)(F)F)c1)N(C(=O)C=C(C)C)CC2. The average molecular weight is 419 g/mol. The molecule has 2 aromatic rings. The van der Waals surface area contributed by atoms with Gasteiger partial charge < -0.3 is 14.4 Å². The van der Waals surface area contributed by atoms with E-state index in [2.05, 4.69) is 0 Å². The van der Waals surface area contributed by atoms with Crippen LogP contribution >= 0.6 is 0 Å². The Labute approximate surface area is 173 Å². The third kappa shape index (κ3) is 4.30. The molecular weight excluding hydrogens is 395 g/mol. The lowest BCUT2D eigenvalue weighted by Gasteiger charge is -2.38. The van der Waals surface area contributed by atoms with E-state index in [-0.39, 0.29) is 5.91 Å². The third-order valence-corrected chi connectivity index (χ3v) is 5.10. The number of alkyl halides is 3. The zero-order chi connectivity index (χ0) is 22.1. The van der Waals surface area contributed by atoms with Gasteiger partial charge in [0.05, 0.1) is 25.8 Å². The lowest BCUT2D eigenvalue weighted by atomic mass is 9.87. The molecule has 1 unspecified atom stereocenters. The minimum absolute atomic E-state index is 0.238. The Bertz CT molecular complexity index is 978. The molecule has 3 rings (SSSR count). The van der Waals surface area contributed by atoms with Crippen LogP contribution in [0.5, 0.6) is 11.5 Å². The Morgan fingerprint density at radius 1 is 1.10 bits per heavy atom. The van der Waals surface area contributed by atoms with Crippen LogP contribution in [0.3, 0.4) is 0 Å². The van der Waals surface area contributed by atoms with Gasteiger partial charge in [-0.1, -0.05) is 17.7 Å². The van der Waals surface area contributed by atoms with E-state index in [1.165, 1.54) is 26.4 Å². The van der Waals surface area contributed by atoms with E-state index < -0.39 is 17.8 Å². The average Bonchev–Trinajstić information content (AvgIpc) is 2.70. The zero-order valence-electron chi connectivity index (χ0n) is 17.3. The van der Waals surface area contributed by atoms with Gasteiger partial charge >= 0.3 is 6.18 Å². The largest absolute Gasteiger partial charge is 0.493 e. The number of hydrogen-bond acceptors (Lipinski definition) is 3. The number of carbonyl (C=O) groups excluding carboxylic acids is 1. The van der Waals surface area contributed by atoms with Crippen LogP contribution in [-0.2, 0) is 17.4 Å². The predicted octanol–water partition coefficient (Wildman–Crippen LogP) is 5.16. The van der Waals surface area contributed by atoms with Crippen LogP contribution in [0.2, 0.25) is 0 Å². The predicted molar refractivity (Wildman–Crippen MR) is 108 cm³/mol. The highest BCUT2D eigenvalue weighted by molar-refractivity contribution is 5.89. The molecule has 1 atom stereocenters. The van der Waals surface area contributed by atoms with Crippen molar-refractivity contribution in [3.8, 4) is 11.5 Å². The van der Waals surface area contributed by atoms with Crippen molar-refractivity contribution in [2.45, 2.75) is 32.5 Å². The maximum atomic E-state index is 13.3. The van der Waals surface area contributed by atoms with Gasteiger partial charge in [0, 0.05) is 12.6 Å². The number of amides is 1. The number of methoxy groups -OCH3 is 2.